The Hall–Kier alpha value is -3.01. The summed E-state index contributed by atoms with van der Waals surface area (Å²) in [4.78, 5) is 28.3. The zero-order valence-electron chi connectivity index (χ0n) is 18.9. The molecular weight excluding hydrogens is 470 g/mol. The highest BCUT2D eigenvalue weighted by Gasteiger charge is 2.29. The number of nitrogens with zero attached hydrogens (tertiary/aromatic N) is 2. The molecule has 2 aromatic carbocycles. The van der Waals surface area contributed by atoms with Crippen molar-refractivity contribution in [3.63, 3.8) is 0 Å². The molecule has 0 fully saturated rings. The number of thiophene rings is 1. The van der Waals surface area contributed by atoms with Crippen molar-refractivity contribution in [2.45, 2.75) is 31.3 Å². The summed E-state index contributed by atoms with van der Waals surface area (Å²) in [6.07, 6.45) is 0.686. The quantitative estimate of drug-likeness (QED) is 0.518. The molecule has 1 aliphatic heterocycles. The van der Waals surface area contributed by atoms with Crippen LogP contribution in [0.2, 0.25) is 0 Å². The third kappa shape index (κ3) is 5.38. The van der Waals surface area contributed by atoms with Crippen molar-refractivity contribution in [3.05, 3.63) is 87.6 Å². The maximum Gasteiger partial charge on any atom is 0.251 e. The molecule has 3 aromatic rings. The number of benzene rings is 2. The van der Waals surface area contributed by atoms with Gasteiger partial charge in [0, 0.05) is 36.6 Å². The predicted octanol–water partition coefficient (Wildman–Crippen LogP) is 3.27. The molecule has 1 aliphatic rings. The summed E-state index contributed by atoms with van der Waals surface area (Å²) in [6.45, 7) is 3.44. The van der Waals surface area contributed by atoms with Gasteiger partial charge in [0.1, 0.15) is 0 Å². The first-order chi connectivity index (χ1) is 16.4. The van der Waals surface area contributed by atoms with Gasteiger partial charge in [-0.05, 0) is 54.1 Å². The Bertz CT molecular complexity index is 1270. The Morgan fingerprint density at radius 1 is 1.09 bits per heavy atom. The molecule has 0 atom stereocenters. The first kappa shape index (κ1) is 24.1. The molecule has 7 nitrogen and oxygen atoms in total. The Kier molecular flexibility index (Phi) is 7.45. The largest absolute Gasteiger partial charge is 0.343 e. The molecule has 2 amide bonds. The van der Waals surface area contributed by atoms with Gasteiger partial charge in [0.05, 0.1) is 11.4 Å². The molecule has 2 heterocycles. The van der Waals surface area contributed by atoms with Gasteiger partial charge in [-0.2, -0.15) is 4.31 Å². The fraction of sp³-hybridized carbons (Fsp3) is 0.280. The second-order valence-corrected chi connectivity index (χ2v) is 11.0. The molecule has 0 saturated heterocycles. The number of rotatable bonds is 8. The summed E-state index contributed by atoms with van der Waals surface area (Å²) in [5.74, 6) is -0.691. The topological polar surface area (TPSA) is 86.8 Å². The van der Waals surface area contributed by atoms with Crippen LogP contribution in [-0.2, 0) is 34.3 Å². The van der Waals surface area contributed by atoms with Gasteiger partial charge in [0.15, 0.2) is 0 Å². The average Bonchev–Trinajstić information content (AvgIpc) is 3.34. The summed E-state index contributed by atoms with van der Waals surface area (Å²) in [6, 6.07) is 17.6. The molecule has 34 heavy (non-hydrogen) atoms. The number of carbonyl (C=O) groups is 2. The van der Waals surface area contributed by atoms with Crippen molar-refractivity contribution >= 4 is 33.2 Å². The van der Waals surface area contributed by atoms with E-state index in [1.165, 1.54) is 21.3 Å². The molecule has 0 saturated carbocycles. The molecule has 0 bridgehead atoms. The van der Waals surface area contributed by atoms with E-state index in [2.05, 4.69) is 5.32 Å². The normalized spacial score (nSPS) is 13.8. The number of carbonyl (C=O) groups excluding carboxylic acids is 2. The summed E-state index contributed by atoms with van der Waals surface area (Å²) in [7, 11) is -3.74. The van der Waals surface area contributed by atoms with Crippen molar-refractivity contribution in [1.29, 1.82) is 0 Å². The molecule has 0 spiro atoms. The number of fused-ring (bicyclic) bond motifs is 1. The summed E-state index contributed by atoms with van der Waals surface area (Å²) >= 11 is 1.65. The second kappa shape index (κ2) is 10.5. The van der Waals surface area contributed by atoms with Crippen LogP contribution >= 0.6 is 11.3 Å². The molecule has 9 heteroatoms. The monoisotopic (exact) mass is 497 g/mol. The fourth-order valence-corrected chi connectivity index (χ4v) is 6.28. The lowest BCUT2D eigenvalue weighted by atomic mass is 10.1. The molecule has 0 unspecified atom stereocenters. The Balaban J connectivity index is 1.40. The number of likely N-dealkylation sites (N-methyl/N-ethyl adjacent to an activating group) is 1. The van der Waals surface area contributed by atoms with Crippen LogP contribution in [-0.4, -0.2) is 49.1 Å². The molecule has 0 aliphatic carbocycles. The Morgan fingerprint density at radius 2 is 1.88 bits per heavy atom. The van der Waals surface area contributed by atoms with E-state index in [1.54, 1.807) is 28.4 Å². The van der Waals surface area contributed by atoms with E-state index in [4.69, 9.17) is 0 Å². The number of sulfonamides is 1. The fourth-order valence-electron chi connectivity index (χ4n) is 3.92. The number of nitrogens with one attached hydrogen (secondary N) is 1. The van der Waals surface area contributed by atoms with Crippen LogP contribution in [0.3, 0.4) is 0 Å². The molecule has 178 valence electrons. The van der Waals surface area contributed by atoms with Gasteiger partial charge in [-0.3, -0.25) is 9.59 Å². The first-order valence-electron chi connectivity index (χ1n) is 11.1. The highest BCUT2D eigenvalue weighted by atomic mass is 32.2. The maximum absolute atomic E-state index is 13.2. The summed E-state index contributed by atoms with van der Waals surface area (Å²) < 4.78 is 27.8. The average molecular weight is 498 g/mol. The van der Waals surface area contributed by atoms with Gasteiger partial charge >= 0.3 is 0 Å². The SMILES string of the molecule is CCN(Cc1ccccc1)C(=O)CNC(=O)c1cccc(S(=O)(=O)N2CCc3sccc3C2)c1. The standard InChI is InChI=1S/C25H27N3O4S2/c1-2-27(17-19-7-4-3-5-8-19)24(29)16-26-25(30)20-9-6-10-22(15-20)34(31,32)28-13-11-23-21(18-28)12-14-33-23/h3-10,12,14-15H,2,11,13,16-18H2,1H3,(H,26,30). The number of amides is 2. The summed E-state index contributed by atoms with van der Waals surface area (Å²) in [5, 5.41) is 4.61. The molecule has 1 aromatic heterocycles. The van der Waals surface area contributed by atoms with Crippen LogP contribution in [0.15, 0.2) is 70.9 Å². The van der Waals surface area contributed by atoms with Crippen molar-refractivity contribution in [2.24, 2.45) is 0 Å². The van der Waals surface area contributed by atoms with Crippen molar-refractivity contribution in [2.75, 3.05) is 19.6 Å². The van der Waals surface area contributed by atoms with Crippen molar-refractivity contribution < 1.29 is 18.0 Å². The van der Waals surface area contributed by atoms with Crippen LogP contribution in [0.1, 0.15) is 33.3 Å². The van der Waals surface area contributed by atoms with E-state index in [1.807, 2.05) is 48.7 Å². The van der Waals surface area contributed by atoms with Crippen LogP contribution in [0.25, 0.3) is 0 Å². The van der Waals surface area contributed by atoms with E-state index in [9.17, 15) is 18.0 Å². The highest BCUT2D eigenvalue weighted by molar-refractivity contribution is 7.89. The number of hydrogen-bond acceptors (Lipinski definition) is 5. The Labute approximate surface area is 204 Å². The minimum atomic E-state index is -3.74. The zero-order chi connectivity index (χ0) is 24.1. The van der Waals surface area contributed by atoms with Gasteiger partial charge in [0.2, 0.25) is 15.9 Å². The van der Waals surface area contributed by atoms with Gasteiger partial charge in [0.25, 0.3) is 5.91 Å². The maximum atomic E-state index is 13.2. The lowest BCUT2D eigenvalue weighted by molar-refractivity contribution is -0.130. The van der Waals surface area contributed by atoms with Gasteiger partial charge in [-0.25, -0.2) is 8.42 Å². The summed E-state index contributed by atoms with van der Waals surface area (Å²) in [5.41, 5.74) is 2.24. The zero-order valence-corrected chi connectivity index (χ0v) is 20.6. The Morgan fingerprint density at radius 3 is 2.65 bits per heavy atom. The first-order valence-corrected chi connectivity index (χ1v) is 13.5. The van der Waals surface area contributed by atoms with E-state index < -0.39 is 15.9 Å². The van der Waals surface area contributed by atoms with Gasteiger partial charge < -0.3 is 10.2 Å². The lowest BCUT2D eigenvalue weighted by Crippen LogP contribution is -2.39. The molecule has 4 rings (SSSR count). The minimum Gasteiger partial charge on any atom is -0.343 e. The van der Waals surface area contributed by atoms with Crippen LogP contribution in [0, 0.1) is 0 Å². The van der Waals surface area contributed by atoms with Gasteiger partial charge in [-0.1, -0.05) is 36.4 Å². The number of hydrogen-bond donors (Lipinski definition) is 1. The third-order valence-corrected chi connectivity index (χ3v) is 8.72. The smallest absolute Gasteiger partial charge is 0.251 e. The van der Waals surface area contributed by atoms with Crippen molar-refractivity contribution in [1.82, 2.24) is 14.5 Å². The van der Waals surface area contributed by atoms with Crippen LogP contribution in [0.4, 0.5) is 0 Å². The van der Waals surface area contributed by atoms with Crippen LogP contribution in [0.5, 0.6) is 0 Å². The van der Waals surface area contributed by atoms with Crippen molar-refractivity contribution in [3.8, 4) is 0 Å². The minimum absolute atomic E-state index is 0.0735. The van der Waals surface area contributed by atoms with Gasteiger partial charge in [-0.15, -0.1) is 11.3 Å². The molecular formula is C25H27N3O4S2. The van der Waals surface area contributed by atoms with Crippen LogP contribution < -0.4 is 5.32 Å². The van der Waals surface area contributed by atoms with E-state index in [0.29, 0.717) is 32.6 Å². The lowest BCUT2D eigenvalue weighted by Gasteiger charge is -2.26. The van der Waals surface area contributed by atoms with E-state index >= 15 is 0 Å². The van der Waals surface area contributed by atoms with E-state index in [-0.39, 0.29) is 22.9 Å². The predicted molar refractivity (Wildman–Crippen MR) is 132 cm³/mol. The molecule has 1 N–H and O–H groups in total. The third-order valence-electron chi connectivity index (χ3n) is 5.86. The second-order valence-electron chi connectivity index (χ2n) is 8.06. The molecule has 0 radical (unpaired) electrons. The highest BCUT2D eigenvalue weighted by Crippen LogP contribution is 2.28. The van der Waals surface area contributed by atoms with E-state index in [0.717, 1.165) is 11.1 Å².